The van der Waals surface area contributed by atoms with E-state index in [0.717, 1.165) is 5.56 Å². The normalized spacial score (nSPS) is 23.1. The maximum absolute atomic E-state index is 13.2. The molecule has 5 nitrogen and oxygen atoms in total. The van der Waals surface area contributed by atoms with Crippen LogP contribution in [0.5, 0.6) is 0 Å². The van der Waals surface area contributed by atoms with E-state index in [9.17, 15) is 14.0 Å². The van der Waals surface area contributed by atoms with Crippen LogP contribution < -0.4 is 0 Å². The predicted octanol–water partition coefficient (Wildman–Crippen LogP) is 1.70. The van der Waals surface area contributed by atoms with Crippen LogP contribution in [0, 0.1) is 11.7 Å². The van der Waals surface area contributed by atoms with Gasteiger partial charge in [0.2, 0.25) is 5.91 Å². The Morgan fingerprint density at radius 1 is 1.45 bits per heavy atom. The van der Waals surface area contributed by atoms with Crippen molar-refractivity contribution in [2.24, 2.45) is 5.92 Å². The molecule has 1 aliphatic heterocycles. The Labute approximate surface area is 128 Å². The molecular formula is C16H20FNO4. The fourth-order valence-electron chi connectivity index (χ4n) is 2.68. The van der Waals surface area contributed by atoms with E-state index in [1.54, 1.807) is 26.0 Å². The number of amides is 1. The van der Waals surface area contributed by atoms with Crippen molar-refractivity contribution in [1.29, 1.82) is 0 Å². The second-order valence-electron chi connectivity index (χ2n) is 5.75. The van der Waals surface area contributed by atoms with Gasteiger partial charge in [-0.25, -0.2) is 9.18 Å². The molecule has 0 radical (unpaired) electrons. The van der Waals surface area contributed by atoms with Crippen LogP contribution in [0.2, 0.25) is 0 Å². The van der Waals surface area contributed by atoms with E-state index in [1.807, 2.05) is 0 Å². The average molecular weight is 309 g/mol. The minimum Gasteiger partial charge on any atom is -0.479 e. The van der Waals surface area contributed by atoms with Gasteiger partial charge in [0, 0.05) is 12.5 Å². The molecule has 0 aliphatic carbocycles. The quantitative estimate of drug-likeness (QED) is 0.919. The molecule has 2 rings (SSSR count). The monoisotopic (exact) mass is 309 g/mol. The number of carbonyl (C=O) groups excluding carboxylic acids is 1. The molecule has 0 bridgehead atoms. The van der Waals surface area contributed by atoms with E-state index in [1.165, 1.54) is 17.0 Å². The molecule has 1 saturated heterocycles. The first kappa shape index (κ1) is 16.4. The molecule has 1 fully saturated rings. The number of carboxylic acid groups (broad SMARTS) is 1. The third-order valence-corrected chi connectivity index (χ3v) is 3.70. The highest BCUT2D eigenvalue weighted by molar-refractivity contribution is 5.80. The zero-order valence-electron chi connectivity index (χ0n) is 12.7. The van der Waals surface area contributed by atoms with Crippen LogP contribution in [0.4, 0.5) is 4.39 Å². The van der Waals surface area contributed by atoms with E-state index < -0.39 is 12.1 Å². The van der Waals surface area contributed by atoms with Crippen molar-refractivity contribution >= 4 is 11.9 Å². The number of carboxylic acids is 1. The maximum Gasteiger partial charge on any atom is 0.334 e. The number of halogens is 1. The van der Waals surface area contributed by atoms with Gasteiger partial charge in [0.15, 0.2) is 6.10 Å². The van der Waals surface area contributed by atoms with Gasteiger partial charge in [0.1, 0.15) is 5.82 Å². The Morgan fingerprint density at radius 3 is 2.82 bits per heavy atom. The number of nitrogens with zero attached hydrogens (tertiary/aromatic N) is 1. The van der Waals surface area contributed by atoms with Crippen LogP contribution in [0.1, 0.15) is 19.4 Å². The standard InChI is InChI=1S/C16H20FNO4/c1-10(6-12-4-3-5-13(17)7-12)15(19)18-8-11(2)22-14(9-18)16(20)21/h3-5,7,10-11,14H,6,8-9H2,1-2H3,(H,20,21)/t10?,11-,14?/m1/s1. The Balaban J connectivity index is 2.01. The summed E-state index contributed by atoms with van der Waals surface area (Å²) in [5.74, 6) is -1.88. The third-order valence-electron chi connectivity index (χ3n) is 3.70. The van der Waals surface area contributed by atoms with Gasteiger partial charge in [-0.05, 0) is 31.0 Å². The summed E-state index contributed by atoms with van der Waals surface area (Å²) >= 11 is 0. The van der Waals surface area contributed by atoms with E-state index in [0.29, 0.717) is 13.0 Å². The third kappa shape index (κ3) is 4.04. The zero-order valence-corrected chi connectivity index (χ0v) is 12.7. The Kier molecular flexibility index (Phi) is 5.13. The lowest BCUT2D eigenvalue weighted by Gasteiger charge is -2.36. The van der Waals surface area contributed by atoms with Crippen molar-refractivity contribution in [3.63, 3.8) is 0 Å². The van der Waals surface area contributed by atoms with Gasteiger partial charge < -0.3 is 14.7 Å². The van der Waals surface area contributed by atoms with Gasteiger partial charge in [0.05, 0.1) is 12.6 Å². The summed E-state index contributed by atoms with van der Waals surface area (Å²) < 4.78 is 18.5. The van der Waals surface area contributed by atoms with Crippen molar-refractivity contribution < 1.29 is 23.8 Å². The molecule has 0 saturated carbocycles. The van der Waals surface area contributed by atoms with Crippen LogP contribution in [0.15, 0.2) is 24.3 Å². The minimum absolute atomic E-state index is 0.0476. The molecule has 1 aromatic carbocycles. The first-order chi connectivity index (χ1) is 10.4. The van der Waals surface area contributed by atoms with E-state index in [-0.39, 0.29) is 30.3 Å². The van der Waals surface area contributed by atoms with Crippen molar-refractivity contribution in [3.8, 4) is 0 Å². The highest BCUT2D eigenvalue weighted by atomic mass is 19.1. The molecule has 6 heteroatoms. The topological polar surface area (TPSA) is 66.8 Å². The molecule has 1 heterocycles. The van der Waals surface area contributed by atoms with Crippen LogP contribution in [0.25, 0.3) is 0 Å². The van der Waals surface area contributed by atoms with Gasteiger partial charge >= 0.3 is 5.97 Å². The summed E-state index contributed by atoms with van der Waals surface area (Å²) in [5.41, 5.74) is 0.747. The van der Waals surface area contributed by atoms with Gasteiger partial charge in [-0.15, -0.1) is 0 Å². The molecule has 1 aliphatic rings. The number of carbonyl (C=O) groups is 2. The first-order valence-electron chi connectivity index (χ1n) is 7.28. The second kappa shape index (κ2) is 6.87. The minimum atomic E-state index is -1.07. The van der Waals surface area contributed by atoms with Crippen LogP contribution in [-0.2, 0) is 20.7 Å². The summed E-state index contributed by atoms with van der Waals surface area (Å²) in [6.07, 6.45) is -0.894. The van der Waals surface area contributed by atoms with Gasteiger partial charge in [-0.3, -0.25) is 4.79 Å². The Morgan fingerprint density at radius 2 is 2.18 bits per heavy atom. The molecule has 0 spiro atoms. The molecule has 120 valence electrons. The lowest BCUT2D eigenvalue weighted by Crippen LogP contribution is -2.53. The second-order valence-corrected chi connectivity index (χ2v) is 5.75. The highest BCUT2D eigenvalue weighted by Crippen LogP contribution is 2.17. The van der Waals surface area contributed by atoms with Crippen molar-refractivity contribution in [2.45, 2.75) is 32.5 Å². The van der Waals surface area contributed by atoms with Crippen LogP contribution in [-0.4, -0.2) is 47.2 Å². The number of ether oxygens (including phenoxy) is 1. The lowest BCUT2D eigenvalue weighted by molar-refractivity contribution is -0.167. The van der Waals surface area contributed by atoms with E-state index in [2.05, 4.69) is 0 Å². The Bertz CT molecular complexity index is 563. The van der Waals surface area contributed by atoms with Crippen molar-refractivity contribution in [1.82, 2.24) is 4.90 Å². The van der Waals surface area contributed by atoms with Gasteiger partial charge in [-0.2, -0.15) is 0 Å². The number of benzene rings is 1. The molecule has 1 amide bonds. The van der Waals surface area contributed by atoms with Crippen LogP contribution in [0.3, 0.4) is 0 Å². The SMILES string of the molecule is CC(Cc1cccc(F)c1)C(=O)N1CC(C(=O)O)O[C@H](C)C1. The summed E-state index contributed by atoms with van der Waals surface area (Å²) in [6.45, 7) is 3.93. The first-order valence-corrected chi connectivity index (χ1v) is 7.28. The summed E-state index contributed by atoms with van der Waals surface area (Å²) in [4.78, 5) is 25.1. The van der Waals surface area contributed by atoms with E-state index in [4.69, 9.17) is 9.84 Å². The fraction of sp³-hybridized carbons (Fsp3) is 0.500. The Hall–Kier alpha value is -1.95. The van der Waals surface area contributed by atoms with Crippen molar-refractivity contribution in [2.75, 3.05) is 13.1 Å². The smallest absolute Gasteiger partial charge is 0.334 e. The largest absolute Gasteiger partial charge is 0.479 e. The van der Waals surface area contributed by atoms with Crippen LogP contribution >= 0.6 is 0 Å². The average Bonchev–Trinajstić information content (AvgIpc) is 2.45. The van der Waals surface area contributed by atoms with E-state index >= 15 is 0 Å². The molecule has 1 N–H and O–H groups in total. The molecule has 0 aromatic heterocycles. The van der Waals surface area contributed by atoms with Gasteiger partial charge in [0.25, 0.3) is 0 Å². The fourth-order valence-corrected chi connectivity index (χ4v) is 2.68. The number of aliphatic carboxylic acids is 1. The summed E-state index contributed by atoms with van der Waals surface area (Å²) in [5, 5.41) is 9.06. The summed E-state index contributed by atoms with van der Waals surface area (Å²) in [7, 11) is 0. The number of morpholine rings is 1. The number of rotatable bonds is 4. The molecule has 2 unspecified atom stereocenters. The number of hydrogen-bond acceptors (Lipinski definition) is 3. The van der Waals surface area contributed by atoms with Gasteiger partial charge in [-0.1, -0.05) is 19.1 Å². The molecular weight excluding hydrogens is 289 g/mol. The molecule has 3 atom stereocenters. The molecule has 22 heavy (non-hydrogen) atoms. The zero-order chi connectivity index (χ0) is 16.3. The molecule has 1 aromatic rings. The highest BCUT2D eigenvalue weighted by Gasteiger charge is 2.34. The lowest BCUT2D eigenvalue weighted by atomic mass is 9.99. The predicted molar refractivity (Wildman–Crippen MR) is 77.8 cm³/mol. The maximum atomic E-state index is 13.2. The number of hydrogen-bond donors (Lipinski definition) is 1. The van der Waals surface area contributed by atoms with Crippen molar-refractivity contribution in [3.05, 3.63) is 35.6 Å². The summed E-state index contributed by atoms with van der Waals surface area (Å²) in [6, 6.07) is 6.15.